The van der Waals surface area contributed by atoms with Gasteiger partial charge < -0.3 is 19.5 Å². The van der Waals surface area contributed by atoms with Crippen LogP contribution in [-0.4, -0.2) is 47.9 Å². The van der Waals surface area contributed by atoms with Crippen molar-refractivity contribution < 1.29 is 14.0 Å². The average molecular weight is 402 g/mol. The summed E-state index contributed by atoms with van der Waals surface area (Å²) in [5.41, 5.74) is 1.60. The Hall–Kier alpha value is -3.87. The number of pyridine rings is 1. The minimum absolute atomic E-state index is 0.0887. The summed E-state index contributed by atoms with van der Waals surface area (Å²) in [4.78, 5) is 32.8. The van der Waals surface area contributed by atoms with Gasteiger partial charge >= 0.3 is 0 Å². The lowest BCUT2D eigenvalue weighted by molar-refractivity contribution is -0.111. The molecule has 1 aromatic carbocycles. The lowest BCUT2D eigenvalue weighted by Crippen LogP contribution is -2.49. The maximum Gasteiger partial charge on any atom is 0.289 e. The molecule has 0 bridgehead atoms. The summed E-state index contributed by atoms with van der Waals surface area (Å²) >= 11 is 0. The standard InChI is InChI=1S/C23H22N4O3/c28-22(11-8-18-5-2-1-3-6-18)25-19-9-10-21(24-17-19)26-12-14-27(15-13-26)23(29)20-7-4-16-30-20/h1-11,16-17H,12-15H2,(H,25,28)/b11-8+. The highest BCUT2D eigenvalue weighted by Gasteiger charge is 2.24. The number of rotatable bonds is 5. The van der Waals surface area contributed by atoms with Crippen LogP contribution in [0, 0.1) is 0 Å². The molecule has 1 N–H and O–H groups in total. The van der Waals surface area contributed by atoms with Crippen LogP contribution in [0.2, 0.25) is 0 Å². The maximum atomic E-state index is 12.3. The highest BCUT2D eigenvalue weighted by Crippen LogP contribution is 2.17. The van der Waals surface area contributed by atoms with E-state index in [2.05, 4.69) is 15.2 Å². The third kappa shape index (κ3) is 4.75. The summed E-state index contributed by atoms with van der Waals surface area (Å²) < 4.78 is 5.19. The maximum absolute atomic E-state index is 12.3. The Kier molecular flexibility index (Phi) is 5.89. The third-order valence-electron chi connectivity index (χ3n) is 4.86. The monoisotopic (exact) mass is 402 g/mol. The zero-order chi connectivity index (χ0) is 20.8. The first-order valence-corrected chi connectivity index (χ1v) is 9.77. The lowest BCUT2D eigenvalue weighted by atomic mass is 10.2. The Morgan fingerprint density at radius 3 is 2.43 bits per heavy atom. The minimum Gasteiger partial charge on any atom is -0.459 e. The molecule has 1 fully saturated rings. The van der Waals surface area contributed by atoms with E-state index in [9.17, 15) is 9.59 Å². The van der Waals surface area contributed by atoms with Crippen molar-refractivity contribution >= 4 is 29.4 Å². The van der Waals surface area contributed by atoms with Gasteiger partial charge in [-0.3, -0.25) is 9.59 Å². The van der Waals surface area contributed by atoms with Crippen LogP contribution in [0.15, 0.2) is 77.6 Å². The van der Waals surface area contributed by atoms with Gasteiger partial charge in [0.1, 0.15) is 5.82 Å². The fourth-order valence-corrected chi connectivity index (χ4v) is 3.26. The Bertz CT molecular complexity index is 1010. The molecule has 0 unspecified atom stereocenters. The van der Waals surface area contributed by atoms with E-state index in [0.29, 0.717) is 37.6 Å². The summed E-state index contributed by atoms with van der Waals surface area (Å²) in [5, 5.41) is 2.81. The molecule has 2 amide bonds. The number of nitrogens with zero attached hydrogens (tertiary/aromatic N) is 3. The number of furan rings is 1. The van der Waals surface area contributed by atoms with E-state index in [1.165, 1.54) is 12.3 Å². The first-order valence-electron chi connectivity index (χ1n) is 9.77. The van der Waals surface area contributed by atoms with Crippen molar-refractivity contribution in [2.75, 3.05) is 36.4 Å². The number of piperazine rings is 1. The topological polar surface area (TPSA) is 78.7 Å². The SMILES string of the molecule is O=C(/C=C/c1ccccc1)Nc1ccc(N2CCN(C(=O)c3ccco3)CC2)nc1. The highest BCUT2D eigenvalue weighted by molar-refractivity contribution is 6.01. The number of amides is 2. The van der Waals surface area contributed by atoms with Gasteiger partial charge in [-0.25, -0.2) is 4.98 Å². The van der Waals surface area contributed by atoms with Gasteiger partial charge in [0.25, 0.3) is 5.91 Å². The number of hydrogen-bond donors (Lipinski definition) is 1. The number of hydrogen-bond acceptors (Lipinski definition) is 5. The van der Waals surface area contributed by atoms with Gasteiger partial charge in [0, 0.05) is 32.3 Å². The molecule has 3 heterocycles. The van der Waals surface area contributed by atoms with E-state index in [4.69, 9.17) is 4.42 Å². The fourth-order valence-electron chi connectivity index (χ4n) is 3.26. The number of nitrogens with one attached hydrogen (secondary N) is 1. The smallest absolute Gasteiger partial charge is 0.289 e. The molecule has 0 radical (unpaired) electrons. The quantitative estimate of drug-likeness (QED) is 0.663. The molecular formula is C23H22N4O3. The second-order valence-electron chi connectivity index (χ2n) is 6.89. The first-order chi connectivity index (χ1) is 14.7. The van der Waals surface area contributed by atoms with E-state index < -0.39 is 0 Å². The van der Waals surface area contributed by atoms with Crippen molar-refractivity contribution in [1.29, 1.82) is 0 Å². The van der Waals surface area contributed by atoms with Gasteiger partial charge in [0.15, 0.2) is 5.76 Å². The summed E-state index contributed by atoms with van der Waals surface area (Å²) in [6.45, 7) is 2.57. The van der Waals surface area contributed by atoms with Crippen molar-refractivity contribution in [3.63, 3.8) is 0 Å². The molecular weight excluding hydrogens is 380 g/mol. The molecule has 0 saturated carbocycles. The van der Waals surface area contributed by atoms with Gasteiger partial charge in [-0.05, 0) is 35.9 Å². The van der Waals surface area contributed by atoms with E-state index in [-0.39, 0.29) is 11.8 Å². The Morgan fingerprint density at radius 2 is 1.77 bits per heavy atom. The summed E-state index contributed by atoms with van der Waals surface area (Å²) in [6.07, 6.45) is 6.41. The molecule has 0 atom stereocenters. The summed E-state index contributed by atoms with van der Waals surface area (Å²) in [5.74, 6) is 0.883. The zero-order valence-corrected chi connectivity index (χ0v) is 16.4. The molecule has 0 aliphatic carbocycles. The number of carbonyl (C=O) groups is 2. The molecule has 7 heteroatoms. The predicted octanol–water partition coefficient (Wildman–Crippen LogP) is 3.29. The molecule has 30 heavy (non-hydrogen) atoms. The van der Waals surface area contributed by atoms with Crippen LogP contribution in [0.3, 0.4) is 0 Å². The summed E-state index contributed by atoms with van der Waals surface area (Å²) in [6, 6.07) is 16.7. The second kappa shape index (κ2) is 9.09. The largest absolute Gasteiger partial charge is 0.459 e. The molecule has 4 rings (SSSR count). The van der Waals surface area contributed by atoms with Crippen LogP contribution in [-0.2, 0) is 4.79 Å². The van der Waals surface area contributed by atoms with Crippen molar-refractivity contribution in [3.8, 4) is 0 Å². The zero-order valence-electron chi connectivity index (χ0n) is 16.4. The minimum atomic E-state index is -0.210. The molecule has 1 saturated heterocycles. The van der Waals surface area contributed by atoms with E-state index in [1.54, 1.807) is 29.3 Å². The predicted molar refractivity (Wildman–Crippen MR) is 115 cm³/mol. The van der Waals surface area contributed by atoms with Gasteiger partial charge in [0.2, 0.25) is 5.91 Å². The van der Waals surface area contributed by atoms with E-state index >= 15 is 0 Å². The normalized spacial score (nSPS) is 14.1. The third-order valence-corrected chi connectivity index (χ3v) is 4.86. The first kappa shape index (κ1) is 19.4. The number of carbonyl (C=O) groups excluding carboxylic acids is 2. The van der Waals surface area contributed by atoms with E-state index in [1.807, 2.05) is 42.5 Å². The Balaban J connectivity index is 1.29. The number of benzene rings is 1. The molecule has 2 aromatic heterocycles. The van der Waals surface area contributed by atoms with E-state index in [0.717, 1.165) is 11.4 Å². The number of anilines is 2. The Morgan fingerprint density at radius 1 is 0.967 bits per heavy atom. The molecule has 152 valence electrons. The highest BCUT2D eigenvalue weighted by atomic mass is 16.3. The van der Waals surface area contributed by atoms with Crippen LogP contribution >= 0.6 is 0 Å². The van der Waals surface area contributed by atoms with Gasteiger partial charge in [-0.15, -0.1) is 0 Å². The van der Waals surface area contributed by atoms with Crippen molar-refractivity contribution in [2.45, 2.75) is 0 Å². The second-order valence-corrected chi connectivity index (χ2v) is 6.89. The average Bonchev–Trinajstić information content (AvgIpc) is 3.34. The number of aromatic nitrogens is 1. The molecule has 1 aliphatic rings. The summed E-state index contributed by atoms with van der Waals surface area (Å²) in [7, 11) is 0. The molecule has 1 aliphatic heterocycles. The molecule has 7 nitrogen and oxygen atoms in total. The van der Waals surface area contributed by atoms with Crippen LogP contribution < -0.4 is 10.2 Å². The van der Waals surface area contributed by atoms with Gasteiger partial charge in [-0.2, -0.15) is 0 Å². The molecule has 0 spiro atoms. The van der Waals surface area contributed by atoms with Gasteiger partial charge in [0.05, 0.1) is 18.1 Å². The van der Waals surface area contributed by atoms with Crippen LogP contribution in [0.5, 0.6) is 0 Å². The van der Waals surface area contributed by atoms with Crippen molar-refractivity contribution in [2.24, 2.45) is 0 Å². The van der Waals surface area contributed by atoms with Crippen molar-refractivity contribution in [1.82, 2.24) is 9.88 Å². The Labute approximate surface area is 174 Å². The van der Waals surface area contributed by atoms with Crippen molar-refractivity contribution in [3.05, 3.63) is 84.5 Å². The fraction of sp³-hybridized carbons (Fsp3) is 0.174. The van der Waals surface area contributed by atoms with Crippen LogP contribution in [0.1, 0.15) is 16.1 Å². The van der Waals surface area contributed by atoms with Crippen LogP contribution in [0.4, 0.5) is 11.5 Å². The van der Waals surface area contributed by atoms with Gasteiger partial charge in [-0.1, -0.05) is 30.3 Å². The van der Waals surface area contributed by atoms with Crippen LogP contribution in [0.25, 0.3) is 6.08 Å². The molecule has 3 aromatic rings. The lowest BCUT2D eigenvalue weighted by Gasteiger charge is -2.35.